The Balaban J connectivity index is 1.62. The number of aliphatic hydroxyl groups excluding tert-OH is 1. The number of alkyl halides is 6. The fraction of sp³-hybridized carbons (Fsp3) is 0.455. The molecule has 9 heteroatoms. The highest BCUT2D eigenvalue weighted by atomic mass is 19.4. The van der Waals surface area contributed by atoms with Gasteiger partial charge in [0.05, 0.1) is 35.5 Å². The maximum Gasteiger partial charge on any atom is 0.416 e. The first-order chi connectivity index (χ1) is 14.5. The molecule has 0 amide bonds. The Morgan fingerprint density at radius 1 is 0.935 bits per heavy atom. The van der Waals surface area contributed by atoms with Crippen LogP contribution < -0.4 is 5.32 Å². The van der Waals surface area contributed by atoms with Gasteiger partial charge in [-0.2, -0.15) is 26.3 Å². The highest BCUT2D eigenvalue weighted by molar-refractivity contribution is 5.34. The van der Waals surface area contributed by atoms with Gasteiger partial charge in [0, 0.05) is 6.04 Å². The number of aliphatic hydroxyl groups is 1. The molecule has 2 saturated heterocycles. The van der Waals surface area contributed by atoms with E-state index in [0.29, 0.717) is 31.4 Å². The first-order valence-electron chi connectivity index (χ1n) is 9.90. The van der Waals surface area contributed by atoms with Crippen LogP contribution in [0, 0.1) is 0 Å². The number of ether oxygens (including phenoxy) is 1. The molecule has 2 fully saturated rings. The van der Waals surface area contributed by atoms with Crippen molar-refractivity contribution in [2.45, 2.75) is 62.0 Å². The van der Waals surface area contributed by atoms with E-state index in [0.717, 1.165) is 5.56 Å². The van der Waals surface area contributed by atoms with Gasteiger partial charge in [0.15, 0.2) is 0 Å². The number of rotatable bonds is 4. The predicted octanol–water partition coefficient (Wildman–Crippen LogP) is 5.02. The second kappa shape index (κ2) is 7.79. The number of hydrogen-bond acceptors (Lipinski definition) is 3. The molecule has 0 saturated carbocycles. The predicted molar refractivity (Wildman–Crippen MR) is 99.9 cm³/mol. The largest absolute Gasteiger partial charge is 0.416 e. The molecule has 0 spiro atoms. The molecule has 4 atom stereocenters. The van der Waals surface area contributed by atoms with E-state index in [-0.39, 0.29) is 17.7 Å². The molecule has 31 heavy (non-hydrogen) atoms. The summed E-state index contributed by atoms with van der Waals surface area (Å²) in [6.45, 7) is -0.408. The normalized spacial score (nSPS) is 28.7. The van der Waals surface area contributed by atoms with E-state index < -0.39 is 47.8 Å². The van der Waals surface area contributed by atoms with Crippen LogP contribution >= 0.6 is 0 Å². The summed E-state index contributed by atoms with van der Waals surface area (Å²) in [5, 5.41) is 13.8. The summed E-state index contributed by atoms with van der Waals surface area (Å²) in [5.41, 5.74) is -2.82. The molecule has 0 unspecified atom stereocenters. The van der Waals surface area contributed by atoms with E-state index in [1.54, 1.807) is 0 Å². The zero-order chi connectivity index (χ0) is 22.4. The van der Waals surface area contributed by atoms with Crippen LogP contribution in [-0.2, 0) is 29.2 Å². The molecule has 168 valence electrons. The summed E-state index contributed by atoms with van der Waals surface area (Å²) in [6.07, 6.45) is -9.48. The summed E-state index contributed by atoms with van der Waals surface area (Å²) in [6, 6.07) is 10.6. The first-order valence-corrected chi connectivity index (χ1v) is 9.90. The summed E-state index contributed by atoms with van der Waals surface area (Å²) < 4.78 is 84.7. The minimum absolute atomic E-state index is 0.106. The van der Waals surface area contributed by atoms with Gasteiger partial charge >= 0.3 is 12.4 Å². The molecule has 2 aliphatic heterocycles. The maximum absolute atomic E-state index is 13.1. The van der Waals surface area contributed by atoms with E-state index in [2.05, 4.69) is 5.32 Å². The molecule has 4 rings (SSSR count). The topological polar surface area (TPSA) is 41.5 Å². The molecule has 2 bridgehead atoms. The van der Waals surface area contributed by atoms with Crippen LogP contribution in [-0.4, -0.2) is 23.4 Å². The van der Waals surface area contributed by atoms with Gasteiger partial charge in [-0.1, -0.05) is 30.3 Å². The lowest BCUT2D eigenvalue weighted by atomic mass is 9.80. The summed E-state index contributed by atoms with van der Waals surface area (Å²) in [5.74, 6) is 0. The van der Waals surface area contributed by atoms with E-state index in [1.165, 1.54) is 0 Å². The standard InChI is InChI=1S/C22H21F6NO2/c23-21(24,25)15-8-13(9-16(10-15)22(26,27)28)12-31-19-7-6-17-18(30)11-20(19,29-17)14-4-2-1-3-5-14/h1-5,8-10,17-19,29-30H,6-7,11-12H2/t17-,18+,19+,20+/m0/s1. The van der Waals surface area contributed by atoms with Crippen molar-refractivity contribution < 1.29 is 36.2 Å². The Morgan fingerprint density at radius 3 is 2.13 bits per heavy atom. The Kier molecular flexibility index (Phi) is 5.56. The third-order valence-electron chi connectivity index (χ3n) is 6.12. The molecular weight excluding hydrogens is 424 g/mol. The lowest BCUT2D eigenvalue weighted by Gasteiger charge is -2.42. The second-order valence-electron chi connectivity index (χ2n) is 8.15. The van der Waals surface area contributed by atoms with E-state index in [4.69, 9.17) is 4.74 Å². The SMILES string of the molecule is O[C@@H]1C[C@]2(c3ccccc3)N[C@H]1CC[C@H]2OCc1cc(C(F)(F)F)cc(C(F)(F)F)c1. The molecule has 2 heterocycles. The molecule has 0 aliphatic carbocycles. The summed E-state index contributed by atoms with van der Waals surface area (Å²) in [7, 11) is 0. The average Bonchev–Trinajstić information content (AvgIpc) is 2.98. The molecule has 3 nitrogen and oxygen atoms in total. The third-order valence-corrected chi connectivity index (χ3v) is 6.12. The zero-order valence-corrected chi connectivity index (χ0v) is 16.3. The average molecular weight is 445 g/mol. The van der Waals surface area contributed by atoms with Crippen molar-refractivity contribution in [3.05, 3.63) is 70.8 Å². The van der Waals surface area contributed by atoms with Gasteiger partial charge in [-0.15, -0.1) is 0 Å². The van der Waals surface area contributed by atoms with Gasteiger partial charge in [-0.25, -0.2) is 0 Å². The number of hydrogen-bond donors (Lipinski definition) is 2. The number of nitrogens with one attached hydrogen (secondary N) is 1. The fourth-order valence-corrected chi connectivity index (χ4v) is 4.67. The fourth-order valence-electron chi connectivity index (χ4n) is 4.67. The summed E-state index contributed by atoms with van der Waals surface area (Å²) >= 11 is 0. The van der Waals surface area contributed by atoms with Crippen molar-refractivity contribution in [1.82, 2.24) is 5.32 Å². The molecule has 2 aromatic rings. The second-order valence-corrected chi connectivity index (χ2v) is 8.15. The number of halogens is 6. The number of piperidine rings is 1. The van der Waals surface area contributed by atoms with Gasteiger partial charge in [0.2, 0.25) is 0 Å². The molecule has 2 aliphatic rings. The van der Waals surface area contributed by atoms with E-state index in [9.17, 15) is 31.4 Å². The molecule has 2 aromatic carbocycles. The minimum Gasteiger partial charge on any atom is -0.391 e. The van der Waals surface area contributed by atoms with E-state index >= 15 is 0 Å². The smallest absolute Gasteiger partial charge is 0.391 e. The van der Waals surface area contributed by atoms with Crippen LogP contribution in [0.2, 0.25) is 0 Å². The van der Waals surface area contributed by atoms with Crippen LogP contribution in [0.4, 0.5) is 26.3 Å². The molecular formula is C22H21F6NO2. The summed E-state index contributed by atoms with van der Waals surface area (Å²) in [4.78, 5) is 0. The Labute approximate surface area is 175 Å². The lowest BCUT2D eigenvalue weighted by Crippen LogP contribution is -2.54. The van der Waals surface area contributed by atoms with Crippen LogP contribution in [0.25, 0.3) is 0 Å². The van der Waals surface area contributed by atoms with Crippen molar-refractivity contribution in [1.29, 1.82) is 0 Å². The van der Waals surface area contributed by atoms with Gasteiger partial charge in [0.25, 0.3) is 0 Å². The van der Waals surface area contributed by atoms with Crippen LogP contribution in [0.15, 0.2) is 48.5 Å². The highest BCUT2D eigenvalue weighted by Crippen LogP contribution is 2.45. The Morgan fingerprint density at radius 2 is 1.55 bits per heavy atom. The number of benzene rings is 2. The monoisotopic (exact) mass is 445 g/mol. The van der Waals surface area contributed by atoms with Gasteiger partial charge in [-0.05, 0) is 48.6 Å². The molecule has 0 aromatic heterocycles. The highest BCUT2D eigenvalue weighted by Gasteiger charge is 2.54. The first kappa shape index (κ1) is 22.1. The molecule has 0 radical (unpaired) electrons. The lowest BCUT2D eigenvalue weighted by molar-refractivity contribution is -0.143. The van der Waals surface area contributed by atoms with Crippen LogP contribution in [0.1, 0.15) is 41.5 Å². The zero-order valence-electron chi connectivity index (χ0n) is 16.3. The Hall–Kier alpha value is -2.10. The quantitative estimate of drug-likeness (QED) is 0.650. The maximum atomic E-state index is 13.1. The van der Waals surface area contributed by atoms with Crippen molar-refractivity contribution in [2.24, 2.45) is 0 Å². The number of fused-ring (bicyclic) bond motifs is 2. The van der Waals surface area contributed by atoms with Crippen molar-refractivity contribution >= 4 is 0 Å². The van der Waals surface area contributed by atoms with Gasteiger partial charge in [-0.3, -0.25) is 5.32 Å². The van der Waals surface area contributed by atoms with Crippen LogP contribution in [0.5, 0.6) is 0 Å². The van der Waals surface area contributed by atoms with Gasteiger partial charge < -0.3 is 9.84 Å². The van der Waals surface area contributed by atoms with Gasteiger partial charge in [0.1, 0.15) is 0 Å². The van der Waals surface area contributed by atoms with E-state index in [1.807, 2.05) is 30.3 Å². The van der Waals surface area contributed by atoms with Crippen molar-refractivity contribution in [2.75, 3.05) is 0 Å². The third kappa shape index (κ3) is 4.31. The minimum atomic E-state index is -4.91. The van der Waals surface area contributed by atoms with Crippen molar-refractivity contribution in [3.63, 3.8) is 0 Å². The van der Waals surface area contributed by atoms with Crippen LogP contribution in [0.3, 0.4) is 0 Å². The molecule has 2 N–H and O–H groups in total. The van der Waals surface area contributed by atoms with Crippen molar-refractivity contribution in [3.8, 4) is 0 Å². The Bertz CT molecular complexity index is 894.